The van der Waals surface area contributed by atoms with Crippen molar-refractivity contribution in [3.05, 3.63) is 41.8 Å². The number of aromatic nitrogens is 2. The highest BCUT2D eigenvalue weighted by Gasteiger charge is 2.36. The number of benzene rings is 2. The molecule has 46 heavy (non-hydrogen) atoms. The van der Waals surface area contributed by atoms with Crippen molar-refractivity contribution in [2.24, 2.45) is 17.8 Å². The van der Waals surface area contributed by atoms with Gasteiger partial charge in [0.05, 0.1) is 27.0 Å². The topological polar surface area (TPSA) is 121 Å². The first-order valence-corrected chi connectivity index (χ1v) is 17.9. The van der Waals surface area contributed by atoms with Crippen LogP contribution in [-0.2, 0) is 4.79 Å². The Hall–Kier alpha value is -3.83. The molecule has 244 valence electrons. The first kappa shape index (κ1) is 32.1. The summed E-state index contributed by atoms with van der Waals surface area (Å²) in [6.07, 6.45) is 12.3. The number of hydrogen-bond donors (Lipinski definition) is 3. The van der Waals surface area contributed by atoms with Crippen molar-refractivity contribution in [2.75, 3.05) is 37.7 Å². The van der Waals surface area contributed by atoms with Gasteiger partial charge in [-0.15, -0.1) is 11.3 Å². The predicted molar refractivity (Wildman–Crippen MR) is 188 cm³/mol. The molecule has 9 nitrogen and oxygen atoms in total. The van der Waals surface area contributed by atoms with Gasteiger partial charge < -0.3 is 30.6 Å². The van der Waals surface area contributed by atoms with E-state index in [1.165, 1.54) is 86.9 Å². The Kier molecular flexibility index (Phi) is 10.3. The zero-order chi connectivity index (χ0) is 32.0. The monoisotopic (exact) mass is 661 g/mol. The van der Waals surface area contributed by atoms with Gasteiger partial charge in [0.2, 0.25) is 11.7 Å². The number of nitrogens with one attached hydrogen (secondary N) is 2. The molecule has 2 saturated carbocycles. The average Bonchev–Trinajstić information content (AvgIpc) is 3.72. The molecule has 4 N–H and O–H groups in total. The van der Waals surface area contributed by atoms with E-state index in [9.17, 15) is 4.79 Å². The summed E-state index contributed by atoms with van der Waals surface area (Å²) in [4.78, 5) is 24.1. The van der Waals surface area contributed by atoms with Crippen LogP contribution in [0.1, 0.15) is 64.2 Å². The highest BCUT2D eigenvalue weighted by Crippen LogP contribution is 2.44. The van der Waals surface area contributed by atoms with Crippen LogP contribution < -0.4 is 30.6 Å². The van der Waals surface area contributed by atoms with Crippen molar-refractivity contribution in [1.29, 1.82) is 0 Å². The van der Waals surface area contributed by atoms with Gasteiger partial charge in [-0.05, 0) is 49.7 Å². The molecule has 0 radical (unpaired) electrons. The van der Waals surface area contributed by atoms with E-state index in [0.29, 0.717) is 40.0 Å². The number of rotatable bonds is 11. The van der Waals surface area contributed by atoms with Crippen molar-refractivity contribution in [1.82, 2.24) is 9.97 Å². The molecule has 11 heteroatoms. The summed E-state index contributed by atoms with van der Waals surface area (Å²) in [6, 6.07) is 11.7. The van der Waals surface area contributed by atoms with Gasteiger partial charge in [-0.3, -0.25) is 4.79 Å². The average molecular weight is 662 g/mol. The number of nitrogens with zero attached hydrogens (tertiary/aromatic N) is 2. The van der Waals surface area contributed by atoms with Gasteiger partial charge in [0, 0.05) is 40.4 Å². The van der Waals surface area contributed by atoms with Gasteiger partial charge in [0.25, 0.3) is 0 Å². The molecule has 2 aliphatic rings. The van der Waals surface area contributed by atoms with Crippen LogP contribution in [0.25, 0.3) is 21.1 Å². The van der Waals surface area contributed by atoms with E-state index in [1.54, 1.807) is 21.3 Å². The number of methoxy groups -OCH3 is 3. The summed E-state index contributed by atoms with van der Waals surface area (Å²) >= 11 is 2.94. The van der Waals surface area contributed by atoms with Crippen LogP contribution >= 0.6 is 22.7 Å². The Labute approximate surface area is 278 Å². The molecule has 6 rings (SSSR count). The van der Waals surface area contributed by atoms with Crippen molar-refractivity contribution in [3.63, 3.8) is 0 Å². The number of carbonyl (C=O) groups is 1. The van der Waals surface area contributed by atoms with Gasteiger partial charge in [-0.25, -0.2) is 9.97 Å². The Morgan fingerprint density at radius 3 is 2.13 bits per heavy atom. The van der Waals surface area contributed by atoms with Crippen LogP contribution in [0.15, 0.2) is 41.8 Å². The fraction of sp³-hybridized carbons (Fsp3) is 0.457. The summed E-state index contributed by atoms with van der Waals surface area (Å²) in [7, 11) is 4.73. The largest absolute Gasteiger partial charge is 0.493 e. The molecule has 0 bridgehead atoms. The van der Waals surface area contributed by atoms with Gasteiger partial charge in [-0.1, -0.05) is 62.0 Å². The number of carbonyl (C=O) groups excluding carboxylic acids is 1. The van der Waals surface area contributed by atoms with E-state index in [0.717, 1.165) is 32.5 Å². The van der Waals surface area contributed by atoms with Crippen LogP contribution in [0.3, 0.4) is 0 Å². The number of thiazole rings is 2. The molecule has 2 heterocycles. The molecule has 4 aromatic rings. The minimum atomic E-state index is 0.104. The maximum absolute atomic E-state index is 13.9. The Morgan fingerprint density at radius 2 is 1.52 bits per heavy atom. The molecular weight excluding hydrogens is 619 g/mol. The van der Waals surface area contributed by atoms with E-state index >= 15 is 0 Å². The molecular formula is C35H43N5O4S2. The smallest absolute Gasteiger partial charge is 0.228 e. The maximum atomic E-state index is 13.9. The maximum Gasteiger partial charge on any atom is 0.228 e. The summed E-state index contributed by atoms with van der Waals surface area (Å²) in [5.74, 6) is 3.29. The lowest BCUT2D eigenvalue weighted by Gasteiger charge is -2.36. The Morgan fingerprint density at radius 1 is 0.870 bits per heavy atom. The zero-order valence-corrected chi connectivity index (χ0v) is 28.4. The summed E-state index contributed by atoms with van der Waals surface area (Å²) in [6.45, 7) is 0. The van der Waals surface area contributed by atoms with E-state index < -0.39 is 0 Å². The summed E-state index contributed by atoms with van der Waals surface area (Å²) in [5, 5.41) is 10.0. The molecule has 2 fully saturated rings. The molecule has 0 spiro atoms. The number of anilines is 4. The number of ether oxygens (including phenoxy) is 3. The molecule has 2 aliphatic carbocycles. The normalized spacial score (nSPS) is 15.9. The third kappa shape index (κ3) is 7.10. The lowest BCUT2D eigenvalue weighted by Crippen LogP contribution is -2.37. The fourth-order valence-corrected chi connectivity index (χ4v) is 8.94. The Balaban J connectivity index is 1.18. The number of nitrogens with two attached hydrogens (primary N) is 1. The number of hydrogen-bond acceptors (Lipinski definition) is 10. The van der Waals surface area contributed by atoms with Gasteiger partial charge in [0.1, 0.15) is 15.7 Å². The molecule has 0 aliphatic heterocycles. The quantitative estimate of drug-likeness (QED) is 0.146. The highest BCUT2D eigenvalue weighted by atomic mass is 32.1. The van der Waals surface area contributed by atoms with E-state index in [4.69, 9.17) is 24.9 Å². The highest BCUT2D eigenvalue weighted by molar-refractivity contribution is 7.23. The fourth-order valence-electron chi connectivity index (χ4n) is 7.11. The van der Waals surface area contributed by atoms with Crippen LogP contribution in [0.4, 0.5) is 22.3 Å². The molecule has 0 unspecified atom stereocenters. The predicted octanol–water partition coefficient (Wildman–Crippen LogP) is 9.00. The van der Waals surface area contributed by atoms with E-state index in [2.05, 4.69) is 15.6 Å². The van der Waals surface area contributed by atoms with E-state index in [-0.39, 0.29) is 11.8 Å². The number of amides is 1. The van der Waals surface area contributed by atoms with Crippen molar-refractivity contribution in [3.8, 4) is 38.4 Å². The second kappa shape index (κ2) is 14.7. The molecule has 0 saturated heterocycles. The van der Waals surface area contributed by atoms with Crippen LogP contribution in [0, 0.1) is 17.8 Å². The van der Waals surface area contributed by atoms with Crippen molar-refractivity contribution >= 4 is 50.9 Å². The third-order valence-electron chi connectivity index (χ3n) is 9.31. The first-order chi connectivity index (χ1) is 22.5. The third-order valence-corrected chi connectivity index (χ3v) is 11.3. The van der Waals surface area contributed by atoms with Crippen molar-refractivity contribution in [2.45, 2.75) is 64.2 Å². The standard InChI is InChI=1S/C35H43N5O4S2/c1-42-27-18-25(19-28(43-2)30(27)44-3)38-35-40-32(36)31(46-35)34-39-26(20-45-34)23-15-10-16-24(17-23)37-33(41)29(21-11-6-4-7-12-21)22-13-8-5-9-14-22/h10,15-22,29H,4-9,11-14,36H2,1-3H3,(H,37,41)(H,38,40). The molecule has 2 aromatic heterocycles. The second-order valence-corrected chi connectivity index (χ2v) is 14.1. The molecule has 2 aromatic carbocycles. The van der Waals surface area contributed by atoms with Crippen molar-refractivity contribution < 1.29 is 19.0 Å². The SMILES string of the molecule is COc1cc(Nc2nc(N)c(-c3nc(-c4cccc(NC(=O)C(C5CCCCC5)C5CCCCC5)c4)cs3)s2)cc(OC)c1OC. The van der Waals surface area contributed by atoms with Gasteiger partial charge in [0.15, 0.2) is 16.6 Å². The minimum absolute atomic E-state index is 0.104. The lowest BCUT2D eigenvalue weighted by molar-refractivity contribution is -0.124. The van der Waals surface area contributed by atoms with E-state index in [1.807, 2.05) is 41.8 Å². The summed E-state index contributed by atoms with van der Waals surface area (Å²) in [5.41, 5.74) is 9.70. The first-order valence-electron chi connectivity index (χ1n) is 16.2. The lowest BCUT2D eigenvalue weighted by atomic mass is 9.69. The van der Waals surface area contributed by atoms with Crippen LogP contribution in [0.2, 0.25) is 0 Å². The molecule has 1 amide bonds. The molecule has 0 atom stereocenters. The van der Waals surface area contributed by atoms with Crippen LogP contribution in [-0.4, -0.2) is 37.2 Å². The Bertz CT molecular complexity index is 1600. The summed E-state index contributed by atoms with van der Waals surface area (Å²) < 4.78 is 16.4. The van der Waals surface area contributed by atoms with Gasteiger partial charge in [-0.2, -0.15) is 0 Å². The minimum Gasteiger partial charge on any atom is -0.493 e. The second-order valence-electron chi connectivity index (χ2n) is 12.2. The van der Waals surface area contributed by atoms with Gasteiger partial charge >= 0.3 is 0 Å². The van der Waals surface area contributed by atoms with Crippen LogP contribution in [0.5, 0.6) is 17.2 Å². The number of nitrogen functional groups attached to an aromatic ring is 1. The zero-order valence-electron chi connectivity index (χ0n) is 26.8.